The van der Waals surface area contributed by atoms with Gasteiger partial charge in [-0.2, -0.15) is 5.10 Å². The first-order valence-electron chi connectivity index (χ1n) is 5.21. The average Bonchev–Trinajstić information content (AvgIpc) is 2.62. The highest BCUT2D eigenvalue weighted by Gasteiger charge is 2.15. The van der Waals surface area contributed by atoms with Crippen molar-refractivity contribution in [3.8, 4) is 0 Å². The van der Waals surface area contributed by atoms with Crippen molar-refractivity contribution in [2.45, 2.75) is 6.42 Å². The third-order valence-corrected chi connectivity index (χ3v) is 2.33. The number of amides is 1. The molecule has 0 saturated carbocycles. The molecule has 1 aromatic heterocycles. The molecule has 1 amide bonds. The average molecular weight is 225 g/mol. The molecular weight excluding hydrogens is 206 g/mol. The Kier molecular flexibility index (Phi) is 4.30. The molecule has 0 radical (unpaired) electrons. The first kappa shape index (κ1) is 12.5. The molecule has 16 heavy (non-hydrogen) atoms. The van der Waals surface area contributed by atoms with Gasteiger partial charge in [0.15, 0.2) is 0 Å². The Balaban J connectivity index is 2.46. The first-order chi connectivity index (χ1) is 7.52. The Bertz CT molecular complexity index is 347. The lowest BCUT2D eigenvalue weighted by Crippen LogP contribution is -2.30. The van der Waals surface area contributed by atoms with Gasteiger partial charge in [-0.1, -0.05) is 0 Å². The van der Waals surface area contributed by atoms with Crippen LogP contribution in [0.5, 0.6) is 0 Å². The van der Waals surface area contributed by atoms with Gasteiger partial charge in [0, 0.05) is 13.6 Å². The van der Waals surface area contributed by atoms with Gasteiger partial charge in [-0.15, -0.1) is 0 Å². The van der Waals surface area contributed by atoms with E-state index < -0.39 is 0 Å². The lowest BCUT2D eigenvalue weighted by Gasteiger charge is -2.17. The van der Waals surface area contributed by atoms with E-state index in [9.17, 15) is 4.79 Å². The Morgan fingerprint density at radius 2 is 2.12 bits per heavy atom. The molecule has 1 aromatic rings. The van der Waals surface area contributed by atoms with Crippen LogP contribution in [0.2, 0.25) is 0 Å². The molecule has 1 heterocycles. The highest BCUT2D eigenvalue weighted by atomic mass is 16.2. The number of nitrogen functional groups attached to an aromatic ring is 1. The molecule has 6 nitrogen and oxygen atoms in total. The highest BCUT2D eigenvalue weighted by molar-refractivity contribution is 5.96. The van der Waals surface area contributed by atoms with Crippen LogP contribution in [0.3, 0.4) is 0 Å². The molecule has 0 saturated heterocycles. The molecule has 0 atom stereocenters. The lowest BCUT2D eigenvalue weighted by molar-refractivity contribution is 0.0786. The SMILES string of the molecule is CN(C)CCCN(C)C(=O)c1[nH]ncc1N. The van der Waals surface area contributed by atoms with E-state index in [-0.39, 0.29) is 5.91 Å². The standard InChI is InChI=1S/C10H19N5O/c1-14(2)5-4-6-15(3)10(16)9-8(11)7-12-13-9/h7H,4-6,11H2,1-3H3,(H,12,13). The van der Waals surface area contributed by atoms with E-state index in [2.05, 4.69) is 15.1 Å². The Morgan fingerprint density at radius 1 is 1.44 bits per heavy atom. The number of rotatable bonds is 5. The minimum absolute atomic E-state index is 0.117. The van der Waals surface area contributed by atoms with Gasteiger partial charge >= 0.3 is 0 Å². The first-order valence-corrected chi connectivity index (χ1v) is 5.21. The fourth-order valence-corrected chi connectivity index (χ4v) is 1.38. The fraction of sp³-hybridized carbons (Fsp3) is 0.600. The van der Waals surface area contributed by atoms with E-state index in [1.165, 1.54) is 6.20 Å². The zero-order chi connectivity index (χ0) is 12.1. The van der Waals surface area contributed by atoms with Crippen LogP contribution < -0.4 is 5.73 Å². The maximum absolute atomic E-state index is 11.9. The van der Waals surface area contributed by atoms with Crippen LogP contribution in [-0.4, -0.2) is 60.1 Å². The van der Waals surface area contributed by atoms with Gasteiger partial charge in [0.2, 0.25) is 0 Å². The second-order valence-corrected chi connectivity index (χ2v) is 4.08. The van der Waals surface area contributed by atoms with Gasteiger partial charge in [0.1, 0.15) is 5.69 Å². The summed E-state index contributed by atoms with van der Waals surface area (Å²) in [6, 6.07) is 0. The van der Waals surface area contributed by atoms with Crippen molar-refractivity contribution < 1.29 is 4.79 Å². The number of carbonyl (C=O) groups excluding carboxylic acids is 1. The van der Waals surface area contributed by atoms with Crippen molar-refractivity contribution in [2.24, 2.45) is 0 Å². The second-order valence-electron chi connectivity index (χ2n) is 4.08. The monoisotopic (exact) mass is 225 g/mol. The van der Waals surface area contributed by atoms with Crippen molar-refractivity contribution in [1.82, 2.24) is 20.0 Å². The number of hydrogen-bond donors (Lipinski definition) is 2. The van der Waals surface area contributed by atoms with Gasteiger partial charge in [0.05, 0.1) is 11.9 Å². The third kappa shape index (κ3) is 3.23. The van der Waals surface area contributed by atoms with Crippen molar-refractivity contribution in [2.75, 3.05) is 40.0 Å². The van der Waals surface area contributed by atoms with Crippen LogP contribution in [0.4, 0.5) is 5.69 Å². The normalized spacial score (nSPS) is 10.8. The number of nitrogens with zero attached hydrogens (tertiary/aromatic N) is 3. The number of H-pyrrole nitrogens is 1. The van der Waals surface area contributed by atoms with Crippen molar-refractivity contribution in [3.63, 3.8) is 0 Å². The summed E-state index contributed by atoms with van der Waals surface area (Å²) in [5.74, 6) is -0.117. The van der Waals surface area contributed by atoms with Crippen LogP contribution in [0, 0.1) is 0 Å². The topological polar surface area (TPSA) is 78.2 Å². The van der Waals surface area contributed by atoms with E-state index in [0.29, 0.717) is 17.9 Å². The molecule has 0 fully saturated rings. The van der Waals surface area contributed by atoms with Crippen LogP contribution in [0.15, 0.2) is 6.20 Å². The Labute approximate surface area is 95.4 Å². The van der Waals surface area contributed by atoms with Gasteiger partial charge in [-0.05, 0) is 27.1 Å². The summed E-state index contributed by atoms with van der Waals surface area (Å²) >= 11 is 0. The second kappa shape index (κ2) is 5.50. The number of hydrogen-bond acceptors (Lipinski definition) is 4. The largest absolute Gasteiger partial charge is 0.396 e. The van der Waals surface area contributed by atoms with Gasteiger partial charge in [-0.3, -0.25) is 9.89 Å². The highest BCUT2D eigenvalue weighted by Crippen LogP contribution is 2.08. The van der Waals surface area contributed by atoms with Crippen LogP contribution >= 0.6 is 0 Å². The fourth-order valence-electron chi connectivity index (χ4n) is 1.38. The molecule has 0 aromatic carbocycles. The van der Waals surface area contributed by atoms with Gasteiger partial charge < -0.3 is 15.5 Å². The zero-order valence-corrected chi connectivity index (χ0v) is 10.0. The zero-order valence-electron chi connectivity index (χ0n) is 10.0. The van der Waals surface area contributed by atoms with Crippen molar-refractivity contribution in [1.29, 1.82) is 0 Å². The number of nitrogens with one attached hydrogen (secondary N) is 1. The summed E-state index contributed by atoms with van der Waals surface area (Å²) in [5, 5.41) is 6.34. The number of carbonyl (C=O) groups is 1. The Hall–Kier alpha value is -1.56. The molecule has 6 heteroatoms. The maximum Gasteiger partial charge on any atom is 0.273 e. The molecule has 1 rings (SSSR count). The van der Waals surface area contributed by atoms with E-state index in [4.69, 9.17) is 5.73 Å². The van der Waals surface area contributed by atoms with E-state index in [1.807, 2.05) is 14.1 Å². The molecule has 0 aliphatic rings. The predicted octanol–water partition coefficient (Wildman–Crippen LogP) is 0.0156. The summed E-state index contributed by atoms with van der Waals surface area (Å²) < 4.78 is 0. The van der Waals surface area contributed by atoms with Gasteiger partial charge in [0.25, 0.3) is 5.91 Å². The molecule has 3 N–H and O–H groups in total. The third-order valence-electron chi connectivity index (χ3n) is 2.33. The number of nitrogens with two attached hydrogens (primary N) is 1. The molecule has 0 unspecified atom stereocenters. The number of anilines is 1. The molecule has 0 spiro atoms. The molecule has 0 bridgehead atoms. The van der Waals surface area contributed by atoms with Crippen LogP contribution in [0.1, 0.15) is 16.9 Å². The van der Waals surface area contributed by atoms with Crippen molar-refractivity contribution >= 4 is 11.6 Å². The van der Waals surface area contributed by atoms with Crippen LogP contribution in [0.25, 0.3) is 0 Å². The van der Waals surface area contributed by atoms with Crippen LogP contribution in [-0.2, 0) is 0 Å². The minimum Gasteiger partial charge on any atom is -0.396 e. The molecule has 0 aliphatic heterocycles. The number of aromatic nitrogens is 2. The molecular formula is C10H19N5O. The smallest absolute Gasteiger partial charge is 0.273 e. The predicted molar refractivity (Wildman–Crippen MR) is 63.1 cm³/mol. The van der Waals surface area contributed by atoms with E-state index in [0.717, 1.165) is 13.0 Å². The number of aromatic amines is 1. The summed E-state index contributed by atoms with van der Waals surface area (Å²) in [5.41, 5.74) is 6.37. The quantitative estimate of drug-likeness (QED) is 0.740. The summed E-state index contributed by atoms with van der Waals surface area (Å²) in [6.07, 6.45) is 2.38. The molecule has 90 valence electrons. The van der Waals surface area contributed by atoms with Crippen molar-refractivity contribution in [3.05, 3.63) is 11.9 Å². The Morgan fingerprint density at radius 3 is 2.62 bits per heavy atom. The molecule has 0 aliphatic carbocycles. The summed E-state index contributed by atoms with van der Waals surface area (Å²) in [7, 11) is 5.78. The lowest BCUT2D eigenvalue weighted by atomic mass is 10.3. The minimum atomic E-state index is -0.117. The summed E-state index contributed by atoms with van der Waals surface area (Å²) in [6.45, 7) is 1.66. The van der Waals surface area contributed by atoms with E-state index in [1.54, 1.807) is 11.9 Å². The maximum atomic E-state index is 11.9. The van der Waals surface area contributed by atoms with E-state index >= 15 is 0 Å². The van der Waals surface area contributed by atoms with Gasteiger partial charge in [-0.25, -0.2) is 0 Å². The summed E-state index contributed by atoms with van der Waals surface area (Å²) in [4.78, 5) is 15.6.